The van der Waals surface area contributed by atoms with E-state index < -0.39 is 0 Å². The van der Waals surface area contributed by atoms with Crippen molar-refractivity contribution in [1.29, 1.82) is 0 Å². The molecule has 0 N–H and O–H groups in total. The zero-order valence-electron chi connectivity index (χ0n) is 11.8. The molecular weight excluding hydrogens is 364 g/mol. The van der Waals surface area contributed by atoms with E-state index in [9.17, 15) is 0 Å². The Morgan fingerprint density at radius 3 is 1.42 bits per heavy atom. The average molecular weight is 382 g/mol. The monoisotopic (exact) mass is 380 g/mol. The highest BCUT2D eigenvalue weighted by molar-refractivity contribution is 9.10. The van der Waals surface area contributed by atoms with Crippen LogP contribution in [-0.2, 0) is 6.42 Å². The molecule has 0 nitrogen and oxygen atoms in total. The van der Waals surface area contributed by atoms with Crippen LogP contribution in [0.4, 0.5) is 0 Å². The first kappa shape index (κ1) is 14.8. The van der Waals surface area contributed by atoms with Crippen molar-refractivity contribution in [1.82, 2.24) is 0 Å². The zero-order chi connectivity index (χ0) is 14.2. The SMILES string of the molecule is Cc1ccc(Cc2ccc(C)c(Br)c2C)c(C)c1Br. The second-order valence-electron chi connectivity index (χ2n) is 5.14. The van der Waals surface area contributed by atoms with Gasteiger partial charge in [0.2, 0.25) is 0 Å². The Morgan fingerprint density at radius 2 is 1.05 bits per heavy atom. The second-order valence-corrected chi connectivity index (χ2v) is 6.72. The molecule has 0 atom stereocenters. The van der Waals surface area contributed by atoms with Crippen LogP contribution in [0.3, 0.4) is 0 Å². The molecule has 0 unspecified atom stereocenters. The molecular formula is C17H18Br2. The van der Waals surface area contributed by atoms with Crippen LogP contribution in [0.1, 0.15) is 33.4 Å². The highest BCUT2D eigenvalue weighted by Gasteiger charge is 2.09. The summed E-state index contributed by atoms with van der Waals surface area (Å²) in [5.74, 6) is 0. The number of hydrogen-bond acceptors (Lipinski definition) is 0. The molecule has 2 aromatic rings. The Balaban J connectivity index is 2.43. The topological polar surface area (TPSA) is 0 Å². The van der Waals surface area contributed by atoms with Crippen LogP contribution in [0, 0.1) is 27.7 Å². The molecule has 0 saturated carbocycles. The fourth-order valence-electron chi connectivity index (χ4n) is 2.31. The molecule has 0 heterocycles. The van der Waals surface area contributed by atoms with Crippen molar-refractivity contribution in [3.8, 4) is 0 Å². The van der Waals surface area contributed by atoms with Gasteiger partial charge in [0.05, 0.1) is 0 Å². The molecule has 100 valence electrons. The number of hydrogen-bond donors (Lipinski definition) is 0. The van der Waals surface area contributed by atoms with E-state index in [0.29, 0.717) is 0 Å². The van der Waals surface area contributed by atoms with Gasteiger partial charge in [-0.05, 0) is 67.5 Å². The molecule has 0 bridgehead atoms. The van der Waals surface area contributed by atoms with Crippen molar-refractivity contribution < 1.29 is 0 Å². The lowest BCUT2D eigenvalue weighted by atomic mass is 9.95. The van der Waals surface area contributed by atoms with Gasteiger partial charge in [-0.15, -0.1) is 0 Å². The number of halogens is 2. The predicted octanol–water partition coefficient (Wildman–Crippen LogP) is 6.04. The summed E-state index contributed by atoms with van der Waals surface area (Å²) in [6.07, 6.45) is 0.982. The van der Waals surface area contributed by atoms with E-state index in [1.165, 1.54) is 42.3 Å². The molecule has 2 rings (SSSR count). The largest absolute Gasteiger partial charge is 0.0581 e. The summed E-state index contributed by atoms with van der Waals surface area (Å²) in [4.78, 5) is 0. The number of rotatable bonds is 2. The molecule has 19 heavy (non-hydrogen) atoms. The molecule has 0 fully saturated rings. The highest BCUT2D eigenvalue weighted by Crippen LogP contribution is 2.29. The van der Waals surface area contributed by atoms with Crippen molar-refractivity contribution >= 4 is 31.9 Å². The quantitative estimate of drug-likeness (QED) is 0.595. The van der Waals surface area contributed by atoms with Crippen LogP contribution in [-0.4, -0.2) is 0 Å². The van der Waals surface area contributed by atoms with Gasteiger partial charge in [0.15, 0.2) is 0 Å². The summed E-state index contributed by atoms with van der Waals surface area (Å²) in [5.41, 5.74) is 8.05. The molecule has 0 saturated heterocycles. The summed E-state index contributed by atoms with van der Waals surface area (Å²) in [5, 5.41) is 0. The maximum Gasteiger partial charge on any atom is 0.0236 e. The third-order valence-corrected chi connectivity index (χ3v) is 6.20. The van der Waals surface area contributed by atoms with Crippen LogP contribution in [0.15, 0.2) is 33.2 Å². The Kier molecular flexibility index (Phi) is 4.52. The minimum Gasteiger partial charge on any atom is -0.0581 e. The first-order chi connectivity index (χ1) is 8.91. The first-order valence-corrected chi connectivity index (χ1v) is 7.99. The molecule has 0 aliphatic carbocycles. The normalized spacial score (nSPS) is 10.8. The van der Waals surface area contributed by atoms with E-state index in [1.807, 2.05) is 0 Å². The van der Waals surface area contributed by atoms with Gasteiger partial charge in [0.1, 0.15) is 0 Å². The van der Waals surface area contributed by atoms with Gasteiger partial charge >= 0.3 is 0 Å². The molecule has 0 spiro atoms. The Labute approximate surface area is 132 Å². The van der Waals surface area contributed by atoms with Crippen molar-refractivity contribution in [3.05, 3.63) is 66.6 Å². The molecule has 0 aliphatic heterocycles. The minimum atomic E-state index is 0.982. The second kappa shape index (κ2) is 5.80. The Morgan fingerprint density at radius 1 is 0.684 bits per heavy atom. The number of benzene rings is 2. The van der Waals surface area contributed by atoms with Gasteiger partial charge in [0.25, 0.3) is 0 Å². The fourth-order valence-corrected chi connectivity index (χ4v) is 3.08. The van der Waals surface area contributed by atoms with Gasteiger partial charge in [-0.25, -0.2) is 0 Å². The van der Waals surface area contributed by atoms with Crippen LogP contribution in [0.25, 0.3) is 0 Å². The molecule has 0 aromatic heterocycles. The van der Waals surface area contributed by atoms with Gasteiger partial charge in [0, 0.05) is 8.95 Å². The summed E-state index contributed by atoms with van der Waals surface area (Å²) in [7, 11) is 0. The molecule has 0 amide bonds. The van der Waals surface area contributed by atoms with Gasteiger partial charge in [-0.2, -0.15) is 0 Å². The predicted molar refractivity (Wildman–Crippen MR) is 90.0 cm³/mol. The molecule has 0 radical (unpaired) electrons. The summed E-state index contributed by atoms with van der Waals surface area (Å²) >= 11 is 7.36. The van der Waals surface area contributed by atoms with Crippen LogP contribution in [0.5, 0.6) is 0 Å². The van der Waals surface area contributed by atoms with Crippen molar-refractivity contribution in [2.45, 2.75) is 34.1 Å². The summed E-state index contributed by atoms with van der Waals surface area (Å²) in [6, 6.07) is 8.85. The standard InChI is InChI=1S/C17H18Br2/c1-10-5-7-14(12(3)16(10)18)9-15-8-6-11(2)17(19)13(15)4/h5-8H,9H2,1-4H3. The van der Waals surface area contributed by atoms with Crippen LogP contribution < -0.4 is 0 Å². The maximum absolute atomic E-state index is 3.68. The van der Waals surface area contributed by atoms with Crippen molar-refractivity contribution in [2.75, 3.05) is 0 Å². The maximum atomic E-state index is 3.68. The Bertz CT molecular complexity index is 572. The van der Waals surface area contributed by atoms with Crippen LogP contribution >= 0.6 is 31.9 Å². The average Bonchev–Trinajstić information content (AvgIpc) is 2.39. The van der Waals surface area contributed by atoms with E-state index in [1.54, 1.807) is 0 Å². The van der Waals surface area contributed by atoms with Gasteiger partial charge in [-0.3, -0.25) is 0 Å². The summed E-state index contributed by atoms with van der Waals surface area (Å²) in [6.45, 7) is 8.64. The van der Waals surface area contributed by atoms with Gasteiger partial charge < -0.3 is 0 Å². The van der Waals surface area contributed by atoms with Crippen LogP contribution in [0.2, 0.25) is 0 Å². The molecule has 2 heteroatoms. The number of aryl methyl sites for hydroxylation is 2. The molecule has 0 aliphatic rings. The smallest absolute Gasteiger partial charge is 0.0236 e. The fraction of sp³-hybridized carbons (Fsp3) is 0.294. The van der Waals surface area contributed by atoms with E-state index >= 15 is 0 Å². The van der Waals surface area contributed by atoms with E-state index in [0.717, 1.165) is 6.42 Å². The minimum absolute atomic E-state index is 0.982. The van der Waals surface area contributed by atoms with Gasteiger partial charge in [-0.1, -0.05) is 56.1 Å². The third-order valence-electron chi connectivity index (χ3n) is 3.76. The lowest BCUT2D eigenvalue weighted by molar-refractivity contribution is 1.10. The van der Waals surface area contributed by atoms with E-state index in [-0.39, 0.29) is 0 Å². The zero-order valence-corrected chi connectivity index (χ0v) is 14.9. The lowest BCUT2D eigenvalue weighted by Crippen LogP contribution is -1.98. The highest BCUT2D eigenvalue weighted by atomic mass is 79.9. The molecule has 2 aromatic carbocycles. The lowest BCUT2D eigenvalue weighted by Gasteiger charge is -2.13. The van der Waals surface area contributed by atoms with Crippen molar-refractivity contribution in [2.24, 2.45) is 0 Å². The van der Waals surface area contributed by atoms with Crippen molar-refractivity contribution in [3.63, 3.8) is 0 Å². The van der Waals surface area contributed by atoms with E-state index in [2.05, 4.69) is 83.8 Å². The van der Waals surface area contributed by atoms with E-state index in [4.69, 9.17) is 0 Å². The first-order valence-electron chi connectivity index (χ1n) is 6.41. The third kappa shape index (κ3) is 2.95. The summed E-state index contributed by atoms with van der Waals surface area (Å²) < 4.78 is 2.46. The Hall–Kier alpha value is -0.600.